The van der Waals surface area contributed by atoms with Crippen molar-refractivity contribution in [2.75, 3.05) is 11.4 Å². The Kier molecular flexibility index (Phi) is 7.20. The zero-order valence-electron chi connectivity index (χ0n) is 21.9. The Balaban J connectivity index is 1.66. The van der Waals surface area contributed by atoms with Crippen molar-refractivity contribution in [3.8, 4) is 5.69 Å². The predicted octanol–water partition coefficient (Wildman–Crippen LogP) is 4.96. The van der Waals surface area contributed by atoms with E-state index >= 15 is 0 Å². The van der Waals surface area contributed by atoms with Crippen molar-refractivity contribution in [1.82, 2.24) is 15.1 Å². The first-order chi connectivity index (χ1) is 19.1. The van der Waals surface area contributed by atoms with Crippen LogP contribution in [0.15, 0.2) is 78.9 Å². The van der Waals surface area contributed by atoms with Gasteiger partial charge in [0.25, 0.3) is 11.8 Å². The third kappa shape index (κ3) is 4.86. The second kappa shape index (κ2) is 10.6. The normalized spacial score (nSPS) is 17.1. The second-order valence-electron chi connectivity index (χ2n) is 9.61. The quantitative estimate of drug-likeness (QED) is 0.357. The van der Waals surface area contributed by atoms with Crippen molar-refractivity contribution < 1.29 is 22.8 Å². The smallest absolute Gasteiger partial charge is 0.339 e. The van der Waals surface area contributed by atoms with E-state index in [4.69, 9.17) is 10.8 Å². The highest BCUT2D eigenvalue weighted by atomic mass is 19.4. The number of benzene rings is 3. The number of rotatable bonds is 6. The molecule has 3 aromatic carbocycles. The van der Waals surface area contributed by atoms with Gasteiger partial charge in [0.1, 0.15) is 11.9 Å². The molecule has 0 bridgehead atoms. The van der Waals surface area contributed by atoms with Gasteiger partial charge in [-0.1, -0.05) is 48.5 Å². The summed E-state index contributed by atoms with van der Waals surface area (Å²) in [7, 11) is 0. The molecule has 40 heavy (non-hydrogen) atoms. The second-order valence-corrected chi connectivity index (χ2v) is 9.61. The van der Waals surface area contributed by atoms with Crippen LogP contribution in [0.3, 0.4) is 0 Å². The highest BCUT2D eigenvalue weighted by Crippen LogP contribution is 2.43. The molecule has 1 aliphatic rings. The van der Waals surface area contributed by atoms with Crippen molar-refractivity contribution in [3.05, 3.63) is 112 Å². The number of carbonyl (C=O) groups excluding carboxylic acids is 2. The van der Waals surface area contributed by atoms with E-state index in [9.17, 15) is 22.8 Å². The van der Waals surface area contributed by atoms with Gasteiger partial charge in [-0.25, -0.2) is 4.68 Å². The van der Waals surface area contributed by atoms with Gasteiger partial charge in [0.15, 0.2) is 0 Å². The van der Waals surface area contributed by atoms with Crippen LogP contribution >= 0.6 is 0 Å². The van der Waals surface area contributed by atoms with Crippen molar-refractivity contribution in [2.24, 2.45) is 5.73 Å². The lowest BCUT2D eigenvalue weighted by atomic mass is 9.80. The molecule has 0 fully saturated rings. The number of carbonyl (C=O) groups is 2. The Morgan fingerprint density at radius 1 is 1.02 bits per heavy atom. The largest absolute Gasteiger partial charge is 0.416 e. The average molecular weight is 548 g/mol. The van der Waals surface area contributed by atoms with Crippen LogP contribution in [0.4, 0.5) is 19.0 Å². The van der Waals surface area contributed by atoms with Crippen molar-refractivity contribution in [3.63, 3.8) is 0 Å². The molecule has 0 saturated heterocycles. The molecule has 7 nitrogen and oxygen atoms in total. The van der Waals surface area contributed by atoms with Gasteiger partial charge >= 0.3 is 6.18 Å². The summed E-state index contributed by atoms with van der Waals surface area (Å²) >= 11 is 0. The first-order valence-electron chi connectivity index (χ1n) is 12.9. The summed E-state index contributed by atoms with van der Waals surface area (Å²) in [5, 5.41) is 7.55. The van der Waals surface area contributed by atoms with Gasteiger partial charge in [-0.3, -0.25) is 14.5 Å². The number of para-hydroxylation sites is 1. The minimum absolute atomic E-state index is 0.192. The number of nitrogens with two attached hydrogens (primary N) is 1. The lowest BCUT2D eigenvalue weighted by Gasteiger charge is -2.38. The topological polar surface area (TPSA) is 93.2 Å². The van der Waals surface area contributed by atoms with E-state index in [1.165, 1.54) is 12.1 Å². The minimum atomic E-state index is -4.61. The van der Waals surface area contributed by atoms with Gasteiger partial charge in [0, 0.05) is 30.1 Å². The average Bonchev–Trinajstić information content (AvgIpc) is 3.30. The molecule has 0 radical (unpaired) electrons. The van der Waals surface area contributed by atoms with Crippen molar-refractivity contribution in [1.29, 1.82) is 0 Å². The summed E-state index contributed by atoms with van der Waals surface area (Å²) < 4.78 is 41.8. The fraction of sp³-hybridized carbons (Fsp3) is 0.233. The lowest BCUT2D eigenvalue weighted by Crippen LogP contribution is -2.55. The Labute approximate surface area is 229 Å². The number of hydrogen-bond donors (Lipinski definition) is 2. The van der Waals surface area contributed by atoms with Crippen molar-refractivity contribution >= 4 is 17.6 Å². The molecule has 2 amide bonds. The molecular weight excluding hydrogens is 519 g/mol. The first kappa shape index (κ1) is 27.1. The zero-order valence-corrected chi connectivity index (χ0v) is 21.9. The van der Waals surface area contributed by atoms with E-state index in [1.54, 1.807) is 9.58 Å². The van der Waals surface area contributed by atoms with Crippen LogP contribution in [0.1, 0.15) is 51.1 Å². The van der Waals surface area contributed by atoms with Crippen LogP contribution in [0.2, 0.25) is 0 Å². The SMILES string of the molecule is CCN1C(=O)[C@H](NC(=O)c2cccc(C(F)(F)F)c2)[C@@H](c2cccc(CN)c2)c2c(C)nn(-c3ccccc3)c21. The number of aryl methyl sites for hydroxylation is 1. The Hall–Kier alpha value is -4.44. The number of anilines is 1. The van der Waals surface area contributed by atoms with Crippen LogP contribution < -0.4 is 16.0 Å². The molecule has 206 valence electrons. The number of hydrogen-bond acceptors (Lipinski definition) is 4. The van der Waals surface area contributed by atoms with Crippen LogP contribution in [0, 0.1) is 6.92 Å². The van der Waals surface area contributed by atoms with E-state index in [-0.39, 0.29) is 18.7 Å². The third-order valence-corrected chi connectivity index (χ3v) is 7.11. The fourth-order valence-electron chi connectivity index (χ4n) is 5.27. The molecule has 0 unspecified atom stereocenters. The van der Waals surface area contributed by atoms with Gasteiger partial charge in [0.05, 0.1) is 16.9 Å². The van der Waals surface area contributed by atoms with E-state index in [0.717, 1.165) is 34.5 Å². The van der Waals surface area contributed by atoms with E-state index in [0.29, 0.717) is 11.5 Å². The molecule has 3 N–H and O–H groups in total. The number of aromatic nitrogens is 2. The maximum atomic E-state index is 14.1. The van der Waals surface area contributed by atoms with Crippen LogP contribution in [-0.4, -0.2) is 34.2 Å². The molecule has 0 aliphatic carbocycles. The molecule has 0 saturated carbocycles. The highest BCUT2D eigenvalue weighted by molar-refractivity contribution is 6.05. The predicted molar refractivity (Wildman–Crippen MR) is 145 cm³/mol. The van der Waals surface area contributed by atoms with Crippen molar-refractivity contribution in [2.45, 2.75) is 38.5 Å². The van der Waals surface area contributed by atoms with Gasteiger partial charge in [-0.15, -0.1) is 0 Å². The molecule has 2 atom stereocenters. The number of halogens is 3. The zero-order chi connectivity index (χ0) is 28.6. The monoisotopic (exact) mass is 547 g/mol. The Bertz CT molecular complexity index is 1570. The van der Waals surface area contributed by atoms with Gasteiger partial charge in [-0.05, 0) is 55.3 Å². The summed E-state index contributed by atoms with van der Waals surface area (Å²) in [6, 6.07) is 19.9. The minimum Gasteiger partial charge on any atom is -0.339 e. The van der Waals surface area contributed by atoms with Gasteiger partial charge in [0.2, 0.25) is 0 Å². The third-order valence-electron chi connectivity index (χ3n) is 7.11. The van der Waals surface area contributed by atoms with Gasteiger partial charge in [-0.2, -0.15) is 18.3 Å². The maximum Gasteiger partial charge on any atom is 0.416 e. The van der Waals surface area contributed by atoms with E-state index < -0.39 is 35.5 Å². The molecule has 1 aromatic heterocycles. The Morgan fingerprint density at radius 2 is 1.75 bits per heavy atom. The summed E-state index contributed by atoms with van der Waals surface area (Å²) in [5.74, 6) is -1.25. The summed E-state index contributed by atoms with van der Waals surface area (Å²) in [4.78, 5) is 29.0. The maximum absolute atomic E-state index is 14.1. The van der Waals surface area contributed by atoms with E-state index in [1.807, 2.05) is 68.4 Å². The summed E-state index contributed by atoms with van der Waals surface area (Å²) in [5.41, 5.74) is 8.51. The summed E-state index contributed by atoms with van der Waals surface area (Å²) in [6.45, 7) is 4.22. The highest BCUT2D eigenvalue weighted by Gasteiger charge is 2.45. The Morgan fingerprint density at radius 3 is 2.42 bits per heavy atom. The fourth-order valence-corrected chi connectivity index (χ4v) is 5.27. The molecule has 2 heterocycles. The summed E-state index contributed by atoms with van der Waals surface area (Å²) in [6.07, 6.45) is -4.61. The van der Waals surface area contributed by atoms with Crippen LogP contribution in [-0.2, 0) is 17.5 Å². The molecule has 10 heteroatoms. The number of amides is 2. The number of nitrogens with zero attached hydrogens (tertiary/aromatic N) is 3. The number of likely N-dealkylation sites (N-methyl/N-ethyl adjacent to an activating group) is 1. The van der Waals surface area contributed by atoms with E-state index in [2.05, 4.69) is 5.32 Å². The molecule has 4 aromatic rings. The molecule has 0 spiro atoms. The lowest BCUT2D eigenvalue weighted by molar-refractivity contribution is -0.137. The molecular formula is C30H28F3N5O2. The number of alkyl halides is 3. The first-order valence-corrected chi connectivity index (χ1v) is 12.9. The van der Waals surface area contributed by atoms with Gasteiger partial charge < -0.3 is 11.1 Å². The number of nitrogens with one attached hydrogen (secondary N) is 1. The molecule has 1 aliphatic heterocycles. The standard InChI is InChI=1S/C30H28F3N5O2/c1-3-37-28-24(18(2)36-38(28)23-13-5-4-6-14-23)25(20-10-7-9-19(15-20)17-34)26(29(37)40)35-27(39)21-11-8-12-22(16-21)30(31,32)33/h4-16,25-26H,3,17,34H2,1-2H3,(H,35,39)/t25-,26+/m0/s1. The van der Waals surface area contributed by atoms with Crippen LogP contribution in [0.5, 0.6) is 0 Å². The number of fused-ring (bicyclic) bond motifs is 1. The molecule has 5 rings (SSSR count). The van der Waals surface area contributed by atoms with Crippen LogP contribution in [0.25, 0.3) is 5.69 Å².